The van der Waals surface area contributed by atoms with E-state index >= 15 is 0 Å². The van der Waals surface area contributed by atoms with E-state index in [1.807, 2.05) is 30.1 Å². The van der Waals surface area contributed by atoms with Gasteiger partial charge in [-0.1, -0.05) is 18.2 Å². The number of aliphatic hydroxyl groups excluding tert-OH is 2. The van der Waals surface area contributed by atoms with Crippen LogP contribution in [0.2, 0.25) is 0 Å². The number of nitrogens with zero attached hydrogens (tertiary/aromatic N) is 1. The van der Waals surface area contributed by atoms with Gasteiger partial charge in [0, 0.05) is 23.6 Å². The summed E-state index contributed by atoms with van der Waals surface area (Å²) in [4.78, 5) is 1.91. The number of benzene rings is 1. The van der Waals surface area contributed by atoms with Crippen molar-refractivity contribution in [1.82, 2.24) is 4.90 Å². The molecule has 3 rings (SSSR count). The molecule has 3 atom stereocenters. The molecule has 0 aromatic heterocycles. The Morgan fingerprint density at radius 3 is 2.80 bits per heavy atom. The fraction of sp³-hybridized carbons (Fsp3) is 0.467. The summed E-state index contributed by atoms with van der Waals surface area (Å²) < 4.78 is 5.42. The summed E-state index contributed by atoms with van der Waals surface area (Å²) in [7, 11) is 1.89. The van der Waals surface area contributed by atoms with Gasteiger partial charge in [0.2, 0.25) is 0 Å². The summed E-state index contributed by atoms with van der Waals surface area (Å²) in [6, 6.07) is 5.59. The lowest BCUT2D eigenvalue weighted by atomic mass is 9.87. The minimum absolute atomic E-state index is 0.0942. The Hall–Kier alpha value is -1.56. The lowest BCUT2D eigenvalue weighted by Crippen LogP contribution is -2.41. The van der Waals surface area contributed by atoms with Gasteiger partial charge in [-0.25, -0.2) is 0 Å². The molecular weight excluding hydrogens is 258 g/mol. The third kappa shape index (κ3) is 1.90. The van der Waals surface area contributed by atoms with Gasteiger partial charge in [0.15, 0.2) is 5.76 Å². The second kappa shape index (κ2) is 4.48. The average Bonchev–Trinajstić information content (AvgIpc) is 2.65. The molecule has 108 valence electrons. The molecule has 20 heavy (non-hydrogen) atoms. The van der Waals surface area contributed by atoms with Gasteiger partial charge in [0.05, 0.1) is 0 Å². The lowest BCUT2D eigenvalue weighted by molar-refractivity contribution is -0.0644. The van der Waals surface area contributed by atoms with Crippen LogP contribution in [0, 0.1) is 0 Å². The molecule has 0 radical (unpaired) electrons. The maximum absolute atomic E-state index is 10.6. The van der Waals surface area contributed by atoms with E-state index in [0.29, 0.717) is 5.75 Å². The maximum Gasteiger partial charge on any atom is 0.256 e. The summed E-state index contributed by atoms with van der Waals surface area (Å²) in [6.07, 6.45) is 0.975. The number of aliphatic hydroxyl groups is 3. The van der Waals surface area contributed by atoms with Crippen LogP contribution in [0.3, 0.4) is 0 Å². The molecule has 2 aliphatic rings. The fourth-order valence-electron chi connectivity index (χ4n) is 3.04. The van der Waals surface area contributed by atoms with Gasteiger partial charge in [0.1, 0.15) is 11.5 Å². The number of ether oxygens (including phenoxy) is 1. The van der Waals surface area contributed by atoms with Gasteiger partial charge in [0.25, 0.3) is 6.29 Å². The van der Waals surface area contributed by atoms with Crippen molar-refractivity contribution in [2.75, 3.05) is 13.6 Å². The van der Waals surface area contributed by atoms with Crippen molar-refractivity contribution in [2.45, 2.75) is 31.3 Å². The molecule has 1 aromatic rings. The van der Waals surface area contributed by atoms with E-state index in [9.17, 15) is 15.3 Å². The molecule has 5 nitrogen and oxygen atoms in total. The number of rotatable bonds is 1. The number of likely N-dealkylation sites (tertiary alicyclic amines) is 1. The highest BCUT2D eigenvalue weighted by molar-refractivity contribution is 5.64. The Bertz CT molecular complexity index is 567. The van der Waals surface area contributed by atoms with E-state index in [2.05, 4.69) is 0 Å². The molecular formula is C15H19NO4. The molecule has 1 fully saturated rings. The van der Waals surface area contributed by atoms with Crippen LogP contribution >= 0.6 is 0 Å². The van der Waals surface area contributed by atoms with E-state index in [4.69, 9.17) is 4.74 Å². The van der Waals surface area contributed by atoms with Crippen LogP contribution in [0.15, 0.2) is 24.0 Å². The van der Waals surface area contributed by atoms with E-state index in [1.54, 1.807) is 6.92 Å². The summed E-state index contributed by atoms with van der Waals surface area (Å²) in [5, 5.41) is 29.9. The van der Waals surface area contributed by atoms with Crippen molar-refractivity contribution in [3.05, 3.63) is 35.1 Å². The average molecular weight is 277 g/mol. The van der Waals surface area contributed by atoms with Gasteiger partial charge in [-0.15, -0.1) is 0 Å². The van der Waals surface area contributed by atoms with E-state index in [0.717, 1.165) is 24.1 Å². The highest BCUT2D eigenvalue weighted by atomic mass is 16.6. The van der Waals surface area contributed by atoms with E-state index < -0.39 is 12.0 Å². The van der Waals surface area contributed by atoms with Crippen LogP contribution in [0.1, 0.15) is 30.4 Å². The molecule has 0 amide bonds. The minimum atomic E-state index is -1.34. The van der Waals surface area contributed by atoms with Gasteiger partial charge in [-0.05, 0) is 26.5 Å². The Labute approximate surface area is 117 Å². The highest BCUT2D eigenvalue weighted by Crippen LogP contribution is 2.45. The molecule has 1 saturated heterocycles. The van der Waals surface area contributed by atoms with Crippen LogP contribution in [0.5, 0.6) is 5.75 Å². The zero-order chi connectivity index (χ0) is 14.5. The zero-order valence-corrected chi connectivity index (χ0v) is 11.6. The molecule has 2 heterocycles. The Balaban J connectivity index is 2.07. The smallest absolute Gasteiger partial charge is 0.256 e. The minimum Gasteiger partial charge on any atom is -0.506 e. The van der Waals surface area contributed by atoms with Gasteiger partial charge >= 0.3 is 0 Å². The topological polar surface area (TPSA) is 73.2 Å². The Morgan fingerprint density at radius 1 is 1.40 bits per heavy atom. The van der Waals surface area contributed by atoms with Crippen molar-refractivity contribution in [3.63, 3.8) is 0 Å². The number of fused-ring (bicyclic) bond motifs is 1. The number of hydrogen-bond donors (Lipinski definition) is 3. The first kappa shape index (κ1) is 13.4. The first-order valence-corrected chi connectivity index (χ1v) is 6.73. The molecule has 0 bridgehead atoms. The maximum atomic E-state index is 10.6. The van der Waals surface area contributed by atoms with Crippen LogP contribution in [0.4, 0.5) is 0 Å². The van der Waals surface area contributed by atoms with Crippen molar-refractivity contribution in [1.29, 1.82) is 0 Å². The number of hydrogen-bond acceptors (Lipinski definition) is 5. The summed E-state index contributed by atoms with van der Waals surface area (Å²) in [6.45, 7) is 2.58. The second-order valence-electron chi connectivity index (χ2n) is 5.66. The summed E-state index contributed by atoms with van der Waals surface area (Å²) in [5.74, 6) is 0.242. The molecule has 0 spiro atoms. The third-order valence-electron chi connectivity index (χ3n) is 4.42. The Morgan fingerprint density at radius 2 is 2.15 bits per heavy atom. The van der Waals surface area contributed by atoms with Crippen LogP contribution in [-0.4, -0.2) is 45.8 Å². The van der Waals surface area contributed by atoms with Crippen LogP contribution < -0.4 is 4.74 Å². The monoisotopic (exact) mass is 277 g/mol. The largest absolute Gasteiger partial charge is 0.506 e. The predicted octanol–water partition coefficient (Wildman–Crippen LogP) is 1.42. The molecule has 1 aromatic carbocycles. The number of likely N-dealkylation sites (N-methyl/N-ethyl adjacent to an activating group) is 1. The van der Waals surface area contributed by atoms with E-state index in [1.165, 1.54) is 6.08 Å². The second-order valence-corrected chi connectivity index (χ2v) is 5.66. The van der Waals surface area contributed by atoms with Gasteiger partial charge < -0.3 is 20.1 Å². The summed E-state index contributed by atoms with van der Waals surface area (Å²) in [5.41, 5.74) is 0.627. The third-order valence-corrected chi connectivity index (χ3v) is 4.42. The normalized spacial score (nSPS) is 33.5. The first-order valence-electron chi connectivity index (χ1n) is 6.73. The molecule has 3 unspecified atom stereocenters. The number of para-hydroxylation sites is 1. The fourth-order valence-corrected chi connectivity index (χ4v) is 3.04. The molecule has 0 saturated carbocycles. The SMILES string of the molecule is CN1CCC(c2cccc3c2OC(O)C(O)=C3)C1(C)O. The van der Waals surface area contributed by atoms with Gasteiger partial charge in [-0.3, -0.25) is 4.90 Å². The van der Waals surface area contributed by atoms with Crippen molar-refractivity contribution in [2.24, 2.45) is 0 Å². The van der Waals surface area contributed by atoms with Crippen molar-refractivity contribution < 1.29 is 20.1 Å². The van der Waals surface area contributed by atoms with Crippen LogP contribution in [0.25, 0.3) is 6.08 Å². The predicted molar refractivity (Wildman–Crippen MR) is 74.3 cm³/mol. The zero-order valence-electron chi connectivity index (χ0n) is 11.6. The van der Waals surface area contributed by atoms with Gasteiger partial charge in [-0.2, -0.15) is 0 Å². The first-order chi connectivity index (χ1) is 9.41. The molecule has 5 heteroatoms. The van der Waals surface area contributed by atoms with Crippen molar-refractivity contribution in [3.8, 4) is 5.75 Å². The molecule has 2 aliphatic heterocycles. The molecule has 0 aliphatic carbocycles. The Kier molecular flexibility index (Phi) is 3.01. The quantitative estimate of drug-likeness (QED) is 0.724. The standard InChI is InChI=1S/C15H19NO4/c1-15(19)11(6-7-16(15)2)10-5-3-4-9-8-12(17)14(18)20-13(9)10/h3-5,8,11,14,17-19H,6-7H2,1-2H3. The summed E-state index contributed by atoms with van der Waals surface area (Å²) >= 11 is 0. The van der Waals surface area contributed by atoms with Crippen LogP contribution in [-0.2, 0) is 0 Å². The van der Waals surface area contributed by atoms with Crippen molar-refractivity contribution >= 4 is 6.08 Å². The molecule has 3 N–H and O–H groups in total. The highest BCUT2D eigenvalue weighted by Gasteiger charge is 2.44. The van der Waals surface area contributed by atoms with E-state index in [-0.39, 0.29) is 11.7 Å². The lowest BCUT2D eigenvalue weighted by Gasteiger charge is -2.33.